The van der Waals surface area contributed by atoms with E-state index in [4.69, 9.17) is 4.74 Å². The Kier molecular flexibility index (Phi) is 11.4. The lowest BCUT2D eigenvalue weighted by Gasteiger charge is -2.31. The van der Waals surface area contributed by atoms with Gasteiger partial charge in [0.25, 0.3) is 5.91 Å². The highest BCUT2D eigenvalue weighted by atomic mass is 19.1. The fraction of sp³-hybridized carbons (Fsp3) is 0.424. The number of benzene rings is 3. The second-order valence-corrected chi connectivity index (χ2v) is 10.9. The smallest absolute Gasteiger partial charge is 0.251 e. The Hall–Kier alpha value is -3.58. The van der Waals surface area contributed by atoms with Gasteiger partial charge < -0.3 is 20.3 Å². The van der Waals surface area contributed by atoms with Gasteiger partial charge in [-0.05, 0) is 106 Å². The van der Waals surface area contributed by atoms with Gasteiger partial charge in [-0.15, -0.1) is 0 Å². The Morgan fingerprint density at radius 1 is 0.875 bits per heavy atom. The molecule has 3 N–H and O–H groups in total. The summed E-state index contributed by atoms with van der Waals surface area (Å²) in [6.45, 7) is 13.0. The van der Waals surface area contributed by atoms with Crippen molar-refractivity contribution in [1.82, 2.24) is 10.2 Å². The van der Waals surface area contributed by atoms with Gasteiger partial charge in [0.15, 0.2) is 11.6 Å². The molecule has 0 heterocycles. The molecule has 0 bridgehead atoms. The maximum atomic E-state index is 13.2. The van der Waals surface area contributed by atoms with Crippen LogP contribution in [0.5, 0.6) is 17.2 Å². The van der Waals surface area contributed by atoms with Crippen LogP contribution in [-0.2, 0) is 12.8 Å². The van der Waals surface area contributed by atoms with Gasteiger partial charge in [-0.1, -0.05) is 31.2 Å². The van der Waals surface area contributed by atoms with E-state index in [9.17, 15) is 19.4 Å². The zero-order valence-corrected chi connectivity index (χ0v) is 24.3. The molecule has 0 saturated carbocycles. The minimum atomic E-state index is -0.757. The number of carbonyl (C=O) groups is 1. The summed E-state index contributed by atoms with van der Waals surface area (Å²) in [5.41, 5.74) is 3.37. The van der Waals surface area contributed by atoms with Gasteiger partial charge in [0.1, 0.15) is 11.5 Å². The molecule has 0 spiro atoms. The van der Waals surface area contributed by atoms with Crippen LogP contribution in [0.25, 0.3) is 0 Å². The molecule has 0 radical (unpaired) electrons. The first-order valence-corrected chi connectivity index (χ1v) is 14.1. The third-order valence-corrected chi connectivity index (χ3v) is 7.26. The first-order chi connectivity index (χ1) is 19.0. The van der Waals surface area contributed by atoms with Crippen LogP contribution in [0.4, 0.5) is 4.39 Å². The molecule has 3 rings (SSSR count). The molecule has 1 atom stereocenters. The predicted molar refractivity (Wildman–Crippen MR) is 158 cm³/mol. The first kappa shape index (κ1) is 31.0. The molecule has 3 aromatic carbocycles. The van der Waals surface area contributed by atoms with Crippen LogP contribution < -0.4 is 10.1 Å². The number of hydrogen-bond donors (Lipinski definition) is 3. The molecular weight excluding hydrogens is 507 g/mol. The fourth-order valence-electron chi connectivity index (χ4n) is 4.88. The third kappa shape index (κ3) is 8.98. The number of halogens is 1. The highest BCUT2D eigenvalue weighted by Gasteiger charge is 2.17. The molecule has 0 saturated heterocycles. The van der Waals surface area contributed by atoms with Crippen LogP contribution in [0.1, 0.15) is 74.0 Å². The van der Waals surface area contributed by atoms with Gasteiger partial charge in [-0.25, -0.2) is 4.39 Å². The Balaban J connectivity index is 1.45. The van der Waals surface area contributed by atoms with Crippen molar-refractivity contribution in [2.75, 3.05) is 19.7 Å². The van der Waals surface area contributed by atoms with Crippen molar-refractivity contribution in [3.63, 3.8) is 0 Å². The SMILES string of the molecule is CC(C)N(CC[C@H](C)c1cc(CCOc2ccc(CCNC(=O)c3ccc(F)c(O)c3)cc2)ccc1O)C(C)C. The van der Waals surface area contributed by atoms with Crippen molar-refractivity contribution in [1.29, 1.82) is 0 Å². The number of nitrogens with one attached hydrogen (secondary N) is 1. The molecule has 40 heavy (non-hydrogen) atoms. The lowest BCUT2D eigenvalue weighted by atomic mass is 9.94. The van der Waals surface area contributed by atoms with Crippen LogP contribution in [0.2, 0.25) is 0 Å². The monoisotopic (exact) mass is 550 g/mol. The van der Waals surface area contributed by atoms with Crippen molar-refractivity contribution >= 4 is 5.91 Å². The largest absolute Gasteiger partial charge is 0.508 e. The number of phenols is 2. The summed E-state index contributed by atoms with van der Waals surface area (Å²) in [5.74, 6) is -0.299. The maximum absolute atomic E-state index is 13.2. The van der Waals surface area contributed by atoms with Crippen LogP contribution in [0, 0.1) is 5.82 Å². The first-order valence-electron chi connectivity index (χ1n) is 14.1. The van der Waals surface area contributed by atoms with Crippen molar-refractivity contribution < 1.29 is 24.1 Å². The van der Waals surface area contributed by atoms with Gasteiger partial charge in [0, 0.05) is 30.6 Å². The number of nitrogens with zero attached hydrogens (tertiary/aromatic N) is 1. The summed E-state index contributed by atoms with van der Waals surface area (Å²) < 4.78 is 19.1. The molecule has 0 aliphatic heterocycles. The van der Waals surface area contributed by atoms with E-state index in [1.54, 1.807) is 6.07 Å². The average molecular weight is 551 g/mol. The van der Waals surface area contributed by atoms with E-state index in [-0.39, 0.29) is 17.4 Å². The fourth-order valence-corrected chi connectivity index (χ4v) is 4.88. The average Bonchev–Trinajstić information content (AvgIpc) is 2.91. The Morgan fingerprint density at radius 2 is 1.55 bits per heavy atom. The molecule has 0 fully saturated rings. The van der Waals surface area contributed by atoms with Crippen LogP contribution >= 0.6 is 0 Å². The number of rotatable bonds is 14. The zero-order chi connectivity index (χ0) is 29.2. The minimum absolute atomic E-state index is 0.210. The second-order valence-electron chi connectivity index (χ2n) is 10.9. The van der Waals surface area contributed by atoms with E-state index in [1.807, 2.05) is 30.3 Å². The van der Waals surface area contributed by atoms with E-state index < -0.39 is 11.6 Å². The molecule has 0 aliphatic carbocycles. The normalized spacial score (nSPS) is 12.2. The van der Waals surface area contributed by atoms with Gasteiger partial charge in [-0.3, -0.25) is 9.69 Å². The number of ether oxygens (including phenoxy) is 1. The summed E-state index contributed by atoms with van der Waals surface area (Å²) in [6.07, 6.45) is 2.34. The van der Waals surface area contributed by atoms with Gasteiger partial charge in [0.2, 0.25) is 0 Å². The molecule has 0 aromatic heterocycles. The Morgan fingerprint density at radius 3 is 2.20 bits per heavy atom. The highest BCUT2D eigenvalue weighted by molar-refractivity contribution is 5.94. The summed E-state index contributed by atoms with van der Waals surface area (Å²) in [7, 11) is 0. The number of hydrogen-bond acceptors (Lipinski definition) is 5. The Bertz CT molecular complexity index is 1240. The lowest BCUT2D eigenvalue weighted by Crippen LogP contribution is -2.38. The predicted octanol–water partition coefficient (Wildman–Crippen LogP) is 6.44. The van der Waals surface area contributed by atoms with E-state index >= 15 is 0 Å². The van der Waals surface area contributed by atoms with Crippen molar-refractivity contribution in [3.05, 3.63) is 88.7 Å². The molecular formula is C33H43FN2O4. The van der Waals surface area contributed by atoms with E-state index in [2.05, 4.69) is 50.9 Å². The quantitative estimate of drug-likeness (QED) is 0.215. The van der Waals surface area contributed by atoms with Crippen LogP contribution in [-0.4, -0.2) is 52.8 Å². The summed E-state index contributed by atoms with van der Waals surface area (Å²) in [4.78, 5) is 14.7. The molecule has 1 amide bonds. The molecule has 6 nitrogen and oxygen atoms in total. The number of amides is 1. The van der Waals surface area contributed by atoms with Crippen molar-refractivity contribution in [2.24, 2.45) is 0 Å². The standard InChI is InChI=1S/C33H43FN2O4/c1-22(2)36(23(3)4)18-15-24(5)29-20-26(8-13-31(29)37)16-19-40-28-10-6-25(7-11-28)14-17-35-33(39)27-9-12-30(34)32(38)21-27/h6-13,20-24,37-38H,14-19H2,1-5H3,(H,35,39)/t24-/m0/s1. The number of phenolic OH excluding ortho intramolecular Hbond substituents is 2. The van der Waals surface area contributed by atoms with Crippen molar-refractivity contribution in [3.8, 4) is 17.2 Å². The van der Waals surface area contributed by atoms with Crippen LogP contribution in [0.15, 0.2) is 60.7 Å². The maximum Gasteiger partial charge on any atom is 0.251 e. The molecule has 0 unspecified atom stereocenters. The van der Waals surface area contributed by atoms with Gasteiger partial charge >= 0.3 is 0 Å². The Labute approximate surface area is 237 Å². The van der Waals surface area contributed by atoms with Crippen LogP contribution in [0.3, 0.4) is 0 Å². The molecule has 0 aliphatic rings. The highest BCUT2D eigenvalue weighted by Crippen LogP contribution is 2.30. The summed E-state index contributed by atoms with van der Waals surface area (Å²) in [6, 6.07) is 18.1. The minimum Gasteiger partial charge on any atom is -0.508 e. The van der Waals surface area contributed by atoms with Gasteiger partial charge in [-0.2, -0.15) is 0 Å². The van der Waals surface area contributed by atoms with E-state index in [1.165, 1.54) is 6.07 Å². The molecule has 3 aromatic rings. The number of carbonyl (C=O) groups excluding carboxylic acids is 1. The van der Waals surface area contributed by atoms with E-state index in [0.717, 1.165) is 54.0 Å². The number of aromatic hydroxyl groups is 2. The van der Waals surface area contributed by atoms with Crippen molar-refractivity contribution in [2.45, 2.75) is 71.9 Å². The summed E-state index contributed by atoms with van der Waals surface area (Å²) >= 11 is 0. The van der Waals surface area contributed by atoms with E-state index in [0.29, 0.717) is 37.4 Å². The summed E-state index contributed by atoms with van der Waals surface area (Å²) in [5, 5.41) is 22.7. The van der Waals surface area contributed by atoms with Gasteiger partial charge in [0.05, 0.1) is 6.61 Å². The molecule has 7 heteroatoms. The topological polar surface area (TPSA) is 82.0 Å². The lowest BCUT2D eigenvalue weighted by molar-refractivity contribution is 0.0953. The third-order valence-electron chi connectivity index (χ3n) is 7.26. The zero-order valence-electron chi connectivity index (χ0n) is 24.3. The molecule has 216 valence electrons. The second kappa shape index (κ2) is 14.7.